The van der Waals surface area contributed by atoms with Crippen LogP contribution in [0.15, 0.2) is 97.1 Å². The van der Waals surface area contributed by atoms with E-state index in [1.807, 2.05) is 48.5 Å². The SMILES string of the molecule is O=C(C(=O)c1cccc(-c2ccc3c(c2)C(=O)c2ccccc2-3)c1)c1ccccc1. The van der Waals surface area contributed by atoms with Crippen LogP contribution in [-0.2, 0) is 0 Å². The van der Waals surface area contributed by atoms with Gasteiger partial charge >= 0.3 is 0 Å². The van der Waals surface area contributed by atoms with Crippen LogP contribution in [0, 0.1) is 0 Å². The van der Waals surface area contributed by atoms with Gasteiger partial charge in [0.25, 0.3) is 0 Å². The Morgan fingerprint density at radius 1 is 0.467 bits per heavy atom. The summed E-state index contributed by atoms with van der Waals surface area (Å²) in [6.07, 6.45) is 0. The highest BCUT2D eigenvalue weighted by Crippen LogP contribution is 2.38. The zero-order valence-corrected chi connectivity index (χ0v) is 16.0. The largest absolute Gasteiger partial charge is 0.289 e. The van der Waals surface area contributed by atoms with Crippen LogP contribution in [0.25, 0.3) is 22.3 Å². The predicted octanol–water partition coefficient (Wildman–Crippen LogP) is 5.63. The Bertz CT molecular complexity index is 1330. The Hall–Kier alpha value is -4.11. The van der Waals surface area contributed by atoms with E-state index in [9.17, 15) is 14.4 Å². The predicted molar refractivity (Wildman–Crippen MR) is 116 cm³/mol. The average Bonchev–Trinajstić information content (AvgIpc) is 3.10. The number of ketones is 3. The van der Waals surface area contributed by atoms with Gasteiger partial charge in [0.1, 0.15) is 0 Å². The van der Waals surface area contributed by atoms with E-state index in [0.29, 0.717) is 22.3 Å². The molecule has 0 aliphatic heterocycles. The van der Waals surface area contributed by atoms with Gasteiger partial charge in [-0.2, -0.15) is 0 Å². The highest BCUT2D eigenvalue weighted by Gasteiger charge is 2.26. The fourth-order valence-electron chi connectivity index (χ4n) is 3.90. The standard InChI is InChI=1S/C27H16O3/c28-25(17-7-2-1-3-8-17)26(29)20-10-6-9-18(15-20)19-13-14-22-21-11-4-5-12-23(21)27(30)24(22)16-19/h1-16H. The lowest BCUT2D eigenvalue weighted by Gasteiger charge is -2.07. The molecular formula is C27H16O3. The van der Waals surface area contributed by atoms with Gasteiger partial charge in [-0.1, -0.05) is 84.9 Å². The first-order valence-electron chi connectivity index (χ1n) is 9.66. The molecule has 0 radical (unpaired) electrons. The fraction of sp³-hybridized carbons (Fsp3) is 0. The van der Waals surface area contributed by atoms with Gasteiger partial charge in [0.15, 0.2) is 5.78 Å². The number of hydrogen-bond acceptors (Lipinski definition) is 3. The van der Waals surface area contributed by atoms with Gasteiger partial charge in [0.2, 0.25) is 11.6 Å². The molecule has 3 nitrogen and oxygen atoms in total. The average molecular weight is 388 g/mol. The molecule has 0 saturated carbocycles. The maximum atomic E-state index is 12.8. The second kappa shape index (κ2) is 7.05. The summed E-state index contributed by atoms with van der Waals surface area (Å²) in [6.45, 7) is 0. The second-order valence-electron chi connectivity index (χ2n) is 7.24. The molecule has 0 bridgehead atoms. The summed E-state index contributed by atoms with van der Waals surface area (Å²) in [4.78, 5) is 38.0. The van der Waals surface area contributed by atoms with Crippen molar-refractivity contribution in [2.24, 2.45) is 0 Å². The summed E-state index contributed by atoms with van der Waals surface area (Å²) in [5.74, 6) is -1.08. The Morgan fingerprint density at radius 3 is 1.87 bits per heavy atom. The minimum Gasteiger partial charge on any atom is -0.289 e. The van der Waals surface area contributed by atoms with Gasteiger partial charge in [0, 0.05) is 22.3 Å². The lowest BCUT2D eigenvalue weighted by molar-refractivity contribution is 0.0817. The van der Waals surface area contributed by atoms with E-state index in [2.05, 4.69) is 0 Å². The molecular weight excluding hydrogens is 372 g/mol. The van der Waals surface area contributed by atoms with Crippen molar-refractivity contribution >= 4 is 17.3 Å². The summed E-state index contributed by atoms with van der Waals surface area (Å²) in [5, 5.41) is 0. The van der Waals surface area contributed by atoms with Crippen molar-refractivity contribution < 1.29 is 14.4 Å². The number of carbonyl (C=O) groups is 3. The van der Waals surface area contributed by atoms with E-state index >= 15 is 0 Å². The zero-order valence-electron chi connectivity index (χ0n) is 16.0. The normalized spacial score (nSPS) is 11.7. The Morgan fingerprint density at radius 2 is 1.07 bits per heavy atom. The van der Waals surface area contributed by atoms with Crippen molar-refractivity contribution in [3.8, 4) is 22.3 Å². The van der Waals surface area contributed by atoms with Crippen LogP contribution in [0.1, 0.15) is 36.6 Å². The second-order valence-corrected chi connectivity index (χ2v) is 7.24. The highest BCUT2D eigenvalue weighted by molar-refractivity contribution is 6.49. The van der Waals surface area contributed by atoms with Crippen LogP contribution < -0.4 is 0 Å². The zero-order chi connectivity index (χ0) is 20.7. The summed E-state index contributed by atoms with van der Waals surface area (Å²) in [6, 6.07) is 28.8. The summed E-state index contributed by atoms with van der Waals surface area (Å²) >= 11 is 0. The number of Topliss-reactive ketones (excluding diaryl/α,β-unsaturated/α-hetero) is 2. The quantitative estimate of drug-likeness (QED) is 0.296. The molecule has 0 unspecified atom stereocenters. The van der Waals surface area contributed by atoms with Crippen molar-refractivity contribution in [2.45, 2.75) is 0 Å². The molecule has 0 spiro atoms. The number of rotatable bonds is 4. The molecule has 0 atom stereocenters. The van der Waals surface area contributed by atoms with E-state index in [0.717, 1.165) is 22.3 Å². The molecule has 4 aromatic carbocycles. The number of fused-ring (bicyclic) bond motifs is 3. The van der Waals surface area contributed by atoms with Crippen LogP contribution in [-0.4, -0.2) is 17.3 Å². The monoisotopic (exact) mass is 388 g/mol. The highest BCUT2D eigenvalue weighted by atomic mass is 16.2. The molecule has 3 heteroatoms. The van der Waals surface area contributed by atoms with Crippen molar-refractivity contribution in [3.05, 3.63) is 119 Å². The van der Waals surface area contributed by atoms with E-state index in [1.54, 1.807) is 48.5 Å². The third-order valence-corrected chi connectivity index (χ3v) is 5.43. The molecule has 0 amide bonds. The molecule has 5 rings (SSSR count). The molecule has 4 aromatic rings. The van der Waals surface area contributed by atoms with Crippen molar-refractivity contribution in [1.82, 2.24) is 0 Å². The molecule has 0 N–H and O–H groups in total. The van der Waals surface area contributed by atoms with Crippen LogP contribution >= 0.6 is 0 Å². The first-order valence-corrected chi connectivity index (χ1v) is 9.66. The number of hydrogen-bond donors (Lipinski definition) is 0. The van der Waals surface area contributed by atoms with Gasteiger partial charge in [-0.05, 0) is 34.4 Å². The van der Waals surface area contributed by atoms with Gasteiger partial charge in [-0.15, -0.1) is 0 Å². The van der Waals surface area contributed by atoms with Gasteiger partial charge < -0.3 is 0 Å². The molecule has 1 aliphatic carbocycles. The van der Waals surface area contributed by atoms with Crippen LogP contribution in [0.4, 0.5) is 0 Å². The summed E-state index contributed by atoms with van der Waals surface area (Å²) in [5.41, 5.74) is 5.55. The Labute approximate surface area is 173 Å². The maximum absolute atomic E-state index is 12.8. The topological polar surface area (TPSA) is 51.2 Å². The van der Waals surface area contributed by atoms with Crippen molar-refractivity contribution in [1.29, 1.82) is 0 Å². The Balaban J connectivity index is 1.51. The molecule has 0 heterocycles. The molecule has 0 saturated heterocycles. The van der Waals surface area contributed by atoms with E-state index in [4.69, 9.17) is 0 Å². The fourth-order valence-corrected chi connectivity index (χ4v) is 3.90. The summed E-state index contributed by atoms with van der Waals surface area (Å²) < 4.78 is 0. The van der Waals surface area contributed by atoms with Crippen LogP contribution in [0.5, 0.6) is 0 Å². The lowest BCUT2D eigenvalue weighted by atomic mass is 9.95. The van der Waals surface area contributed by atoms with E-state index in [-0.39, 0.29) is 5.78 Å². The number of benzene rings is 4. The summed E-state index contributed by atoms with van der Waals surface area (Å²) in [7, 11) is 0. The molecule has 0 aromatic heterocycles. The van der Waals surface area contributed by atoms with E-state index in [1.165, 1.54) is 0 Å². The first kappa shape index (κ1) is 18.0. The maximum Gasteiger partial charge on any atom is 0.233 e. The first-order chi connectivity index (χ1) is 14.6. The van der Waals surface area contributed by atoms with Crippen LogP contribution in [0.2, 0.25) is 0 Å². The van der Waals surface area contributed by atoms with Gasteiger partial charge in [-0.3, -0.25) is 14.4 Å². The van der Waals surface area contributed by atoms with E-state index < -0.39 is 11.6 Å². The molecule has 1 aliphatic rings. The van der Waals surface area contributed by atoms with Crippen molar-refractivity contribution in [3.63, 3.8) is 0 Å². The third kappa shape index (κ3) is 2.88. The lowest BCUT2D eigenvalue weighted by Crippen LogP contribution is -2.14. The molecule has 30 heavy (non-hydrogen) atoms. The van der Waals surface area contributed by atoms with Gasteiger partial charge in [-0.25, -0.2) is 0 Å². The smallest absolute Gasteiger partial charge is 0.233 e. The number of carbonyl (C=O) groups excluding carboxylic acids is 3. The van der Waals surface area contributed by atoms with Crippen LogP contribution in [0.3, 0.4) is 0 Å². The Kier molecular flexibility index (Phi) is 4.22. The minimum absolute atomic E-state index is 0.00827. The molecule has 142 valence electrons. The van der Waals surface area contributed by atoms with Crippen molar-refractivity contribution in [2.75, 3.05) is 0 Å². The molecule has 0 fully saturated rings. The van der Waals surface area contributed by atoms with Gasteiger partial charge in [0.05, 0.1) is 0 Å². The minimum atomic E-state index is -0.548. The third-order valence-electron chi connectivity index (χ3n) is 5.43.